The number of hydrogen-bond donors (Lipinski definition) is 0. The van der Waals surface area contributed by atoms with E-state index in [4.69, 9.17) is 0 Å². The van der Waals surface area contributed by atoms with E-state index in [2.05, 4.69) is 172 Å². The lowest BCUT2D eigenvalue weighted by molar-refractivity contribution is 0.661. The fourth-order valence-corrected chi connectivity index (χ4v) is 8.66. The molecule has 0 saturated carbocycles. The molecule has 1 aliphatic carbocycles. The van der Waals surface area contributed by atoms with E-state index in [1.165, 1.54) is 98.4 Å². The smallest absolute Gasteiger partial charge is 0.0159 e. The molecule has 10 rings (SSSR count). The second-order valence-electron chi connectivity index (χ2n) is 13.6. The van der Waals surface area contributed by atoms with Gasteiger partial charge in [0, 0.05) is 5.41 Å². The maximum Gasteiger partial charge on any atom is 0.0159 e. The summed E-state index contributed by atoms with van der Waals surface area (Å²) in [4.78, 5) is 0. The largest absolute Gasteiger partial charge is 0.0622 e. The van der Waals surface area contributed by atoms with Crippen LogP contribution in [0.4, 0.5) is 0 Å². The molecule has 0 amide bonds. The summed E-state index contributed by atoms with van der Waals surface area (Å²) >= 11 is 0. The van der Waals surface area contributed by atoms with Crippen molar-refractivity contribution in [2.45, 2.75) is 19.3 Å². The van der Waals surface area contributed by atoms with E-state index in [0.29, 0.717) is 0 Å². The molecule has 9 aromatic carbocycles. The van der Waals surface area contributed by atoms with Gasteiger partial charge in [0.05, 0.1) is 0 Å². The Hall–Kier alpha value is -5.72. The highest BCUT2D eigenvalue weighted by Gasteiger charge is 2.36. The molecule has 0 heterocycles. The highest BCUT2D eigenvalue weighted by molar-refractivity contribution is 6.26. The third kappa shape index (κ3) is 3.64. The molecule has 0 aliphatic heterocycles. The van der Waals surface area contributed by atoms with E-state index < -0.39 is 0 Å². The topological polar surface area (TPSA) is 0 Å². The van der Waals surface area contributed by atoms with Crippen LogP contribution in [0.25, 0.3) is 87.2 Å². The molecule has 1 aliphatic rings. The Morgan fingerprint density at radius 3 is 1.23 bits per heavy atom. The van der Waals surface area contributed by atoms with Crippen molar-refractivity contribution in [1.29, 1.82) is 0 Å². The zero-order valence-electron chi connectivity index (χ0n) is 26.5. The Kier molecular flexibility index (Phi) is 5.44. The highest BCUT2D eigenvalue weighted by Crippen LogP contribution is 2.53. The summed E-state index contributed by atoms with van der Waals surface area (Å²) in [5.41, 5.74) is 10.5. The number of fused-ring (bicyclic) bond motifs is 11. The summed E-state index contributed by atoms with van der Waals surface area (Å²) in [5.74, 6) is 0. The predicted molar refractivity (Wildman–Crippen MR) is 202 cm³/mol. The van der Waals surface area contributed by atoms with Gasteiger partial charge in [0.15, 0.2) is 0 Å². The molecule has 0 fully saturated rings. The number of hydrogen-bond acceptors (Lipinski definition) is 0. The fourth-order valence-electron chi connectivity index (χ4n) is 8.66. The van der Waals surface area contributed by atoms with Gasteiger partial charge in [-0.1, -0.05) is 153 Å². The van der Waals surface area contributed by atoms with E-state index in [1.807, 2.05) is 0 Å². The molecule has 0 unspecified atom stereocenters. The summed E-state index contributed by atoms with van der Waals surface area (Å²) in [6.07, 6.45) is 0. The molecule has 0 heteroatoms. The van der Waals surface area contributed by atoms with Crippen molar-refractivity contribution in [3.05, 3.63) is 169 Å². The summed E-state index contributed by atoms with van der Waals surface area (Å²) in [5, 5.41) is 13.1. The normalized spacial score (nSPS) is 13.5. The zero-order chi connectivity index (χ0) is 31.3. The molecule has 47 heavy (non-hydrogen) atoms. The van der Waals surface area contributed by atoms with E-state index in [0.717, 1.165) is 0 Å². The van der Waals surface area contributed by atoms with Crippen molar-refractivity contribution in [1.82, 2.24) is 0 Å². The van der Waals surface area contributed by atoms with Crippen molar-refractivity contribution in [2.24, 2.45) is 0 Å². The average molecular weight is 597 g/mol. The molecular weight excluding hydrogens is 565 g/mol. The first-order valence-corrected chi connectivity index (χ1v) is 16.6. The van der Waals surface area contributed by atoms with Gasteiger partial charge in [-0.3, -0.25) is 0 Å². The Bertz CT molecular complexity index is 2690. The molecule has 0 saturated heterocycles. The van der Waals surface area contributed by atoms with Crippen LogP contribution in [0.15, 0.2) is 158 Å². The molecule has 0 N–H and O–H groups in total. The van der Waals surface area contributed by atoms with Gasteiger partial charge in [0.1, 0.15) is 0 Å². The van der Waals surface area contributed by atoms with Gasteiger partial charge in [-0.2, -0.15) is 0 Å². The summed E-state index contributed by atoms with van der Waals surface area (Å²) in [6.45, 7) is 4.79. The Labute approximate surface area is 274 Å². The zero-order valence-corrected chi connectivity index (χ0v) is 26.5. The molecule has 220 valence electrons. The van der Waals surface area contributed by atoms with Crippen LogP contribution in [-0.2, 0) is 5.41 Å². The molecule has 9 aromatic rings. The number of rotatable bonds is 2. The first-order chi connectivity index (χ1) is 23.1. The van der Waals surface area contributed by atoms with Crippen LogP contribution in [0.2, 0.25) is 0 Å². The van der Waals surface area contributed by atoms with E-state index in [1.54, 1.807) is 0 Å². The molecule has 0 aromatic heterocycles. The highest BCUT2D eigenvalue weighted by atomic mass is 14.4. The third-order valence-electron chi connectivity index (χ3n) is 10.8. The number of benzene rings is 9. The van der Waals surface area contributed by atoms with Gasteiger partial charge in [0.2, 0.25) is 0 Å². The van der Waals surface area contributed by atoms with Crippen molar-refractivity contribution in [2.75, 3.05) is 0 Å². The Morgan fingerprint density at radius 1 is 0.298 bits per heavy atom. The lowest BCUT2D eigenvalue weighted by Gasteiger charge is -2.23. The van der Waals surface area contributed by atoms with Crippen LogP contribution in [0.1, 0.15) is 25.0 Å². The van der Waals surface area contributed by atoms with Crippen molar-refractivity contribution in [3.63, 3.8) is 0 Å². The van der Waals surface area contributed by atoms with E-state index >= 15 is 0 Å². The van der Waals surface area contributed by atoms with Crippen LogP contribution in [0.3, 0.4) is 0 Å². The Balaban J connectivity index is 1.28. The summed E-state index contributed by atoms with van der Waals surface area (Å²) < 4.78 is 0. The molecule has 0 bridgehead atoms. The van der Waals surface area contributed by atoms with Crippen LogP contribution < -0.4 is 0 Å². The van der Waals surface area contributed by atoms with Gasteiger partial charge >= 0.3 is 0 Å². The lowest BCUT2D eigenvalue weighted by Crippen LogP contribution is -2.14. The van der Waals surface area contributed by atoms with Crippen molar-refractivity contribution < 1.29 is 0 Å². The van der Waals surface area contributed by atoms with E-state index in [-0.39, 0.29) is 5.41 Å². The lowest BCUT2D eigenvalue weighted by atomic mass is 9.80. The SMILES string of the molecule is CC1(C)c2ccc(-c3c4ccccc4c(-c4ccccc4)c4ccccc34)cc2-c2cc3c4ccccc4c4ccccc4c3cc21. The van der Waals surface area contributed by atoms with Crippen LogP contribution in [-0.4, -0.2) is 0 Å². The van der Waals surface area contributed by atoms with Gasteiger partial charge in [-0.15, -0.1) is 0 Å². The van der Waals surface area contributed by atoms with Gasteiger partial charge in [0.25, 0.3) is 0 Å². The van der Waals surface area contributed by atoms with Crippen LogP contribution in [0, 0.1) is 0 Å². The van der Waals surface area contributed by atoms with Crippen molar-refractivity contribution in [3.8, 4) is 33.4 Å². The van der Waals surface area contributed by atoms with Gasteiger partial charge < -0.3 is 0 Å². The van der Waals surface area contributed by atoms with Crippen molar-refractivity contribution >= 4 is 53.9 Å². The van der Waals surface area contributed by atoms with Gasteiger partial charge in [-0.05, 0) is 117 Å². The molecular formula is C47H32. The quantitative estimate of drug-likeness (QED) is 0.138. The van der Waals surface area contributed by atoms with Gasteiger partial charge in [-0.25, -0.2) is 0 Å². The molecule has 0 radical (unpaired) electrons. The minimum absolute atomic E-state index is 0.106. The average Bonchev–Trinajstić information content (AvgIpc) is 3.35. The predicted octanol–water partition coefficient (Wildman–Crippen LogP) is 13.1. The molecule has 0 spiro atoms. The molecule has 0 atom stereocenters. The first-order valence-electron chi connectivity index (χ1n) is 16.6. The minimum atomic E-state index is -0.106. The summed E-state index contributed by atoms with van der Waals surface area (Å²) in [7, 11) is 0. The second kappa shape index (κ2) is 9.64. The monoisotopic (exact) mass is 596 g/mol. The summed E-state index contributed by atoms with van der Waals surface area (Å²) in [6, 6.07) is 58.8. The molecule has 0 nitrogen and oxygen atoms in total. The second-order valence-corrected chi connectivity index (χ2v) is 13.6. The maximum absolute atomic E-state index is 2.50. The van der Waals surface area contributed by atoms with Crippen LogP contribution in [0.5, 0.6) is 0 Å². The Morgan fingerprint density at radius 2 is 0.702 bits per heavy atom. The maximum atomic E-state index is 2.50. The van der Waals surface area contributed by atoms with E-state index in [9.17, 15) is 0 Å². The standard InChI is InChI=1S/C47H32/c1-47(2)43-25-24-30(46-37-22-12-10-20-35(37)45(29-14-4-3-5-15-29)36-21-11-13-23-38(36)46)26-41(43)42-27-39-33-18-8-6-16-31(33)32-17-7-9-19-34(32)40(39)28-44(42)47/h3-28H,1-2H3. The minimum Gasteiger partial charge on any atom is -0.0622 e. The van der Waals surface area contributed by atoms with Crippen LogP contribution >= 0.6 is 0 Å². The third-order valence-corrected chi connectivity index (χ3v) is 10.8. The first kappa shape index (κ1) is 26.5. The fraction of sp³-hybridized carbons (Fsp3) is 0.0638.